The molecule has 0 aromatic heterocycles. The third-order valence-electron chi connectivity index (χ3n) is 2.30. The van der Waals surface area contributed by atoms with Gasteiger partial charge < -0.3 is 4.74 Å². The highest BCUT2D eigenvalue weighted by Crippen LogP contribution is 2.25. The molecule has 0 unspecified atom stereocenters. The van der Waals surface area contributed by atoms with Crippen LogP contribution in [-0.4, -0.2) is 12.5 Å². The van der Waals surface area contributed by atoms with E-state index in [1.54, 1.807) is 0 Å². The van der Waals surface area contributed by atoms with E-state index in [4.69, 9.17) is 22.2 Å². The molecule has 0 aliphatic carbocycles. The summed E-state index contributed by atoms with van der Waals surface area (Å²) in [6.45, 7) is 2.52. The van der Waals surface area contributed by atoms with Gasteiger partial charge in [0.15, 0.2) is 0 Å². The van der Waals surface area contributed by atoms with Gasteiger partial charge in [0.25, 0.3) is 0 Å². The average Bonchev–Trinajstić information content (AvgIpc) is 2.30. The summed E-state index contributed by atoms with van der Waals surface area (Å²) in [6, 6.07) is 5.66. The van der Waals surface area contributed by atoms with Gasteiger partial charge in [-0.3, -0.25) is 10.2 Å². The molecule has 0 aliphatic heterocycles. The van der Waals surface area contributed by atoms with Crippen LogP contribution in [0.15, 0.2) is 18.2 Å². The zero-order chi connectivity index (χ0) is 12.7. The third-order valence-corrected chi connectivity index (χ3v) is 2.60. The minimum absolute atomic E-state index is 0.154. The van der Waals surface area contributed by atoms with Crippen molar-refractivity contribution in [3.63, 3.8) is 0 Å². The Hall–Kier alpha value is -1.26. The van der Waals surface area contributed by atoms with E-state index in [9.17, 15) is 4.79 Å². The molecule has 1 aromatic carbocycles. The first kappa shape index (κ1) is 13.8. The van der Waals surface area contributed by atoms with Crippen molar-refractivity contribution in [2.75, 3.05) is 6.61 Å². The molecule has 1 amide bonds. The topological polar surface area (TPSA) is 64.3 Å². The first-order chi connectivity index (χ1) is 8.13. The number of nitrogens with one attached hydrogen (secondary N) is 1. The molecular weight excluding hydrogens is 240 g/mol. The molecule has 94 valence electrons. The Morgan fingerprint density at radius 2 is 2.24 bits per heavy atom. The Morgan fingerprint density at radius 1 is 1.47 bits per heavy atom. The van der Waals surface area contributed by atoms with Crippen LogP contribution in [0.5, 0.6) is 5.75 Å². The molecule has 1 rings (SSSR count). The van der Waals surface area contributed by atoms with Gasteiger partial charge in [0.1, 0.15) is 5.75 Å². The van der Waals surface area contributed by atoms with Crippen molar-refractivity contribution in [2.45, 2.75) is 26.2 Å². The van der Waals surface area contributed by atoms with Gasteiger partial charge in [-0.1, -0.05) is 17.7 Å². The van der Waals surface area contributed by atoms with Crippen molar-refractivity contribution in [3.8, 4) is 5.75 Å². The van der Waals surface area contributed by atoms with Crippen LogP contribution in [0, 0.1) is 6.92 Å². The number of ether oxygens (including phenoxy) is 1. The lowest BCUT2D eigenvalue weighted by Gasteiger charge is -2.08. The number of hydrogen-bond acceptors (Lipinski definition) is 3. The first-order valence-electron chi connectivity index (χ1n) is 5.52. The van der Waals surface area contributed by atoms with Crippen molar-refractivity contribution >= 4 is 17.5 Å². The zero-order valence-electron chi connectivity index (χ0n) is 9.83. The van der Waals surface area contributed by atoms with Crippen molar-refractivity contribution < 1.29 is 9.53 Å². The van der Waals surface area contributed by atoms with Gasteiger partial charge in [-0.05, 0) is 37.5 Å². The lowest BCUT2D eigenvalue weighted by Crippen LogP contribution is -2.29. The molecule has 1 aromatic rings. The standard InChI is InChI=1S/C12H17ClN2O2/c1-9-5-6-11(10(13)8-9)17-7-3-2-4-12(16)15-14/h5-6,8H,2-4,7,14H2,1H3,(H,15,16). The molecule has 0 spiro atoms. The van der Waals surface area contributed by atoms with E-state index in [0.717, 1.165) is 18.4 Å². The van der Waals surface area contributed by atoms with E-state index in [1.807, 2.05) is 25.1 Å². The van der Waals surface area contributed by atoms with Crippen LogP contribution in [0.3, 0.4) is 0 Å². The van der Waals surface area contributed by atoms with Gasteiger partial charge in [0, 0.05) is 6.42 Å². The van der Waals surface area contributed by atoms with E-state index in [1.165, 1.54) is 0 Å². The minimum Gasteiger partial charge on any atom is -0.492 e. The number of halogens is 1. The highest BCUT2D eigenvalue weighted by Gasteiger charge is 2.02. The molecule has 0 aliphatic rings. The molecule has 17 heavy (non-hydrogen) atoms. The molecule has 3 N–H and O–H groups in total. The highest BCUT2D eigenvalue weighted by molar-refractivity contribution is 6.32. The Labute approximate surface area is 106 Å². The zero-order valence-corrected chi connectivity index (χ0v) is 10.6. The van der Waals surface area contributed by atoms with E-state index >= 15 is 0 Å². The van der Waals surface area contributed by atoms with E-state index in [0.29, 0.717) is 23.8 Å². The van der Waals surface area contributed by atoms with Crippen molar-refractivity contribution in [1.82, 2.24) is 5.43 Å². The number of aryl methyl sites for hydroxylation is 1. The Balaban J connectivity index is 2.24. The molecule has 5 heteroatoms. The molecule has 0 radical (unpaired) electrons. The summed E-state index contributed by atoms with van der Waals surface area (Å²) < 4.78 is 5.51. The number of unbranched alkanes of at least 4 members (excludes halogenated alkanes) is 1. The van der Waals surface area contributed by atoms with E-state index < -0.39 is 0 Å². The number of amides is 1. The number of carbonyl (C=O) groups excluding carboxylic acids is 1. The van der Waals surface area contributed by atoms with Crippen LogP contribution >= 0.6 is 11.6 Å². The summed E-state index contributed by atoms with van der Waals surface area (Å²) >= 11 is 6.01. The number of hydrazine groups is 1. The predicted octanol–water partition coefficient (Wildman–Crippen LogP) is 2.19. The molecule has 4 nitrogen and oxygen atoms in total. The normalized spacial score (nSPS) is 10.1. The predicted molar refractivity (Wildman–Crippen MR) is 67.9 cm³/mol. The summed E-state index contributed by atoms with van der Waals surface area (Å²) in [5.41, 5.74) is 3.19. The van der Waals surface area contributed by atoms with E-state index in [2.05, 4.69) is 5.43 Å². The summed E-state index contributed by atoms with van der Waals surface area (Å²) in [5, 5.41) is 0.615. The minimum atomic E-state index is -0.154. The lowest BCUT2D eigenvalue weighted by atomic mass is 10.2. The van der Waals surface area contributed by atoms with Crippen LogP contribution < -0.4 is 16.0 Å². The van der Waals surface area contributed by atoms with Crippen LogP contribution in [-0.2, 0) is 4.79 Å². The number of nitrogens with two attached hydrogens (primary N) is 1. The van der Waals surface area contributed by atoms with Crippen LogP contribution in [0.25, 0.3) is 0 Å². The summed E-state index contributed by atoms with van der Waals surface area (Å²) in [4.78, 5) is 10.8. The lowest BCUT2D eigenvalue weighted by molar-refractivity contribution is -0.121. The fraction of sp³-hybridized carbons (Fsp3) is 0.417. The fourth-order valence-electron chi connectivity index (χ4n) is 1.36. The average molecular weight is 257 g/mol. The molecule has 0 heterocycles. The third kappa shape index (κ3) is 5.06. The molecule has 0 fully saturated rings. The number of benzene rings is 1. The maximum Gasteiger partial charge on any atom is 0.233 e. The van der Waals surface area contributed by atoms with Gasteiger partial charge in [-0.15, -0.1) is 0 Å². The van der Waals surface area contributed by atoms with Crippen LogP contribution in [0.1, 0.15) is 24.8 Å². The first-order valence-corrected chi connectivity index (χ1v) is 5.89. The summed E-state index contributed by atoms with van der Waals surface area (Å²) in [7, 11) is 0. The maximum atomic E-state index is 10.8. The molecule has 0 saturated heterocycles. The van der Waals surface area contributed by atoms with Gasteiger partial charge in [0.05, 0.1) is 11.6 Å². The largest absolute Gasteiger partial charge is 0.492 e. The van der Waals surface area contributed by atoms with Crippen molar-refractivity contribution in [1.29, 1.82) is 0 Å². The van der Waals surface area contributed by atoms with Crippen LogP contribution in [0.2, 0.25) is 5.02 Å². The van der Waals surface area contributed by atoms with Gasteiger partial charge in [-0.25, -0.2) is 5.84 Å². The van der Waals surface area contributed by atoms with Gasteiger partial charge in [-0.2, -0.15) is 0 Å². The quantitative estimate of drug-likeness (QED) is 0.355. The second-order valence-electron chi connectivity index (χ2n) is 3.81. The Kier molecular flexibility index (Phi) is 5.80. The van der Waals surface area contributed by atoms with E-state index in [-0.39, 0.29) is 5.91 Å². The molecule has 0 bridgehead atoms. The fourth-order valence-corrected chi connectivity index (χ4v) is 1.65. The van der Waals surface area contributed by atoms with Gasteiger partial charge in [0.2, 0.25) is 5.91 Å². The summed E-state index contributed by atoms with van der Waals surface area (Å²) in [6.07, 6.45) is 1.95. The second kappa shape index (κ2) is 7.14. The SMILES string of the molecule is Cc1ccc(OCCCCC(=O)NN)c(Cl)c1. The molecular formula is C12H17ClN2O2. The molecule has 0 atom stereocenters. The van der Waals surface area contributed by atoms with Crippen LogP contribution in [0.4, 0.5) is 0 Å². The number of carbonyl (C=O) groups is 1. The smallest absolute Gasteiger partial charge is 0.233 e. The Bertz CT molecular complexity index is 383. The highest BCUT2D eigenvalue weighted by atomic mass is 35.5. The maximum absolute atomic E-state index is 10.8. The number of hydrogen-bond donors (Lipinski definition) is 2. The van der Waals surface area contributed by atoms with Crippen molar-refractivity contribution in [3.05, 3.63) is 28.8 Å². The number of rotatable bonds is 6. The monoisotopic (exact) mass is 256 g/mol. The Morgan fingerprint density at radius 3 is 2.88 bits per heavy atom. The molecule has 0 saturated carbocycles. The second-order valence-corrected chi connectivity index (χ2v) is 4.21. The summed E-state index contributed by atoms with van der Waals surface area (Å²) in [5.74, 6) is 5.49. The van der Waals surface area contributed by atoms with Gasteiger partial charge >= 0.3 is 0 Å². The van der Waals surface area contributed by atoms with Crippen molar-refractivity contribution in [2.24, 2.45) is 5.84 Å².